The summed E-state index contributed by atoms with van der Waals surface area (Å²) in [5.41, 5.74) is 4.24. The highest BCUT2D eigenvalue weighted by Gasteiger charge is 2.25. The molecular formula is C14H12O. The van der Waals surface area contributed by atoms with Gasteiger partial charge in [0, 0.05) is 11.1 Å². The maximum Gasteiger partial charge on any atom is 0.193 e. The molecule has 1 nitrogen and oxygen atoms in total. The highest BCUT2D eigenvalue weighted by molar-refractivity contribution is 6.14. The first kappa shape index (κ1) is 8.66. The van der Waals surface area contributed by atoms with E-state index in [9.17, 15) is 4.79 Å². The number of carbonyl (C=O) groups is 1. The van der Waals surface area contributed by atoms with Gasteiger partial charge in [0.25, 0.3) is 0 Å². The maximum absolute atomic E-state index is 12.1. The molecule has 1 aromatic carbocycles. The SMILES string of the molecule is O=C1C2=CCCC=C2Cc2ccccc21. The third-order valence-corrected chi connectivity index (χ3v) is 3.14. The van der Waals surface area contributed by atoms with Gasteiger partial charge in [-0.05, 0) is 30.4 Å². The Hall–Kier alpha value is -1.63. The van der Waals surface area contributed by atoms with Crippen molar-refractivity contribution in [1.82, 2.24) is 0 Å². The molecule has 0 N–H and O–H groups in total. The summed E-state index contributed by atoms with van der Waals surface area (Å²) >= 11 is 0. The summed E-state index contributed by atoms with van der Waals surface area (Å²) in [6.07, 6.45) is 7.31. The lowest BCUT2D eigenvalue weighted by Crippen LogP contribution is -2.17. The molecule has 2 aliphatic carbocycles. The van der Waals surface area contributed by atoms with E-state index < -0.39 is 0 Å². The van der Waals surface area contributed by atoms with E-state index in [0.717, 1.165) is 30.4 Å². The predicted molar refractivity (Wildman–Crippen MR) is 59.9 cm³/mol. The van der Waals surface area contributed by atoms with Crippen molar-refractivity contribution in [3.05, 3.63) is 58.7 Å². The number of allylic oxidation sites excluding steroid dienone is 4. The molecule has 0 saturated carbocycles. The summed E-state index contributed by atoms with van der Waals surface area (Å²) in [5, 5.41) is 0. The van der Waals surface area contributed by atoms with Gasteiger partial charge in [-0.3, -0.25) is 4.79 Å². The average molecular weight is 196 g/mol. The lowest BCUT2D eigenvalue weighted by atomic mass is 9.80. The zero-order chi connectivity index (χ0) is 10.3. The van der Waals surface area contributed by atoms with Crippen LogP contribution in [0.5, 0.6) is 0 Å². The van der Waals surface area contributed by atoms with Crippen LogP contribution < -0.4 is 0 Å². The van der Waals surface area contributed by atoms with Gasteiger partial charge >= 0.3 is 0 Å². The molecule has 1 heteroatoms. The van der Waals surface area contributed by atoms with Crippen LogP contribution in [0.2, 0.25) is 0 Å². The standard InChI is InChI=1S/C14H12O/c15-14-12-7-3-1-5-10(12)9-11-6-2-4-8-13(11)14/h1,3,5-8H,2,4,9H2. The van der Waals surface area contributed by atoms with Crippen molar-refractivity contribution in [1.29, 1.82) is 0 Å². The summed E-state index contributed by atoms with van der Waals surface area (Å²) in [5.74, 6) is 0.211. The van der Waals surface area contributed by atoms with Crippen molar-refractivity contribution >= 4 is 5.78 Å². The smallest absolute Gasteiger partial charge is 0.193 e. The summed E-state index contributed by atoms with van der Waals surface area (Å²) < 4.78 is 0. The number of hydrogen-bond donors (Lipinski definition) is 0. The molecule has 0 unspecified atom stereocenters. The second-order valence-electron chi connectivity index (χ2n) is 4.09. The average Bonchev–Trinajstić information content (AvgIpc) is 2.30. The van der Waals surface area contributed by atoms with Crippen molar-refractivity contribution in [2.45, 2.75) is 19.3 Å². The largest absolute Gasteiger partial charge is 0.289 e. The lowest BCUT2D eigenvalue weighted by Gasteiger charge is -2.22. The first-order valence-electron chi connectivity index (χ1n) is 5.38. The van der Waals surface area contributed by atoms with Gasteiger partial charge in [-0.25, -0.2) is 0 Å². The Balaban J connectivity index is 2.19. The van der Waals surface area contributed by atoms with E-state index in [1.807, 2.05) is 18.2 Å². The molecule has 1 aromatic rings. The van der Waals surface area contributed by atoms with E-state index in [-0.39, 0.29) is 5.78 Å². The molecule has 0 atom stereocenters. The van der Waals surface area contributed by atoms with Crippen LogP contribution in [0.25, 0.3) is 0 Å². The topological polar surface area (TPSA) is 17.1 Å². The van der Waals surface area contributed by atoms with Crippen molar-refractivity contribution in [3.63, 3.8) is 0 Å². The van der Waals surface area contributed by atoms with Crippen LogP contribution in [0.15, 0.2) is 47.6 Å². The minimum Gasteiger partial charge on any atom is -0.289 e. The van der Waals surface area contributed by atoms with Crippen LogP contribution in [-0.4, -0.2) is 5.78 Å². The zero-order valence-electron chi connectivity index (χ0n) is 8.49. The molecule has 74 valence electrons. The molecule has 0 aliphatic heterocycles. The van der Waals surface area contributed by atoms with Crippen molar-refractivity contribution in [3.8, 4) is 0 Å². The van der Waals surface area contributed by atoms with Gasteiger partial charge in [0.05, 0.1) is 0 Å². The van der Waals surface area contributed by atoms with Crippen LogP contribution in [0.4, 0.5) is 0 Å². The Bertz CT molecular complexity index is 492. The summed E-state index contributed by atoms with van der Waals surface area (Å²) in [6, 6.07) is 7.93. The van der Waals surface area contributed by atoms with Gasteiger partial charge in [-0.15, -0.1) is 0 Å². The Labute approximate surface area is 89.1 Å². The minimum absolute atomic E-state index is 0.211. The van der Waals surface area contributed by atoms with Gasteiger partial charge < -0.3 is 0 Å². The normalized spacial score (nSPS) is 18.8. The number of Topliss-reactive ketones (excluding diaryl/α,β-unsaturated/α-hetero) is 1. The van der Waals surface area contributed by atoms with E-state index in [1.54, 1.807) is 0 Å². The highest BCUT2D eigenvalue weighted by Crippen LogP contribution is 2.32. The second kappa shape index (κ2) is 3.20. The quantitative estimate of drug-likeness (QED) is 0.623. The van der Waals surface area contributed by atoms with E-state index in [1.165, 1.54) is 11.1 Å². The van der Waals surface area contributed by atoms with Gasteiger partial charge in [0.2, 0.25) is 0 Å². The van der Waals surface area contributed by atoms with Crippen LogP contribution in [-0.2, 0) is 6.42 Å². The molecule has 0 spiro atoms. The Morgan fingerprint density at radius 2 is 1.80 bits per heavy atom. The summed E-state index contributed by atoms with van der Waals surface area (Å²) in [7, 11) is 0. The maximum atomic E-state index is 12.1. The molecule has 0 fully saturated rings. The van der Waals surface area contributed by atoms with Gasteiger partial charge in [-0.1, -0.05) is 36.4 Å². The van der Waals surface area contributed by atoms with Crippen LogP contribution in [0.1, 0.15) is 28.8 Å². The van der Waals surface area contributed by atoms with E-state index in [0.29, 0.717) is 0 Å². The number of hydrogen-bond acceptors (Lipinski definition) is 1. The second-order valence-corrected chi connectivity index (χ2v) is 4.09. The van der Waals surface area contributed by atoms with Gasteiger partial charge in [0.1, 0.15) is 0 Å². The molecular weight excluding hydrogens is 184 g/mol. The number of benzene rings is 1. The molecule has 0 radical (unpaired) electrons. The van der Waals surface area contributed by atoms with Crippen LogP contribution in [0.3, 0.4) is 0 Å². The van der Waals surface area contributed by atoms with Crippen molar-refractivity contribution in [2.75, 3.05) is 0 Å². The van der Waals surface area contributed by atoms with Crippen molar-refractivity contribution in [2.24, 2.45) is 0 Å². The predicted octanol–water partition coefficient (Wildman–Crippen LogP) is 3.07. The highest BCUT2D eigenvalue weighted by atomic mass is 16.1. The van der Waals surface area contributed by atoms with Gasteiger partial charge in [0.15, 0.2) is 5.78 Å². The van der Waals surface area contributed by atoms with Crippen LogP contribution >= 0.6 is 0 Å². The lowest BCUT2D eigenvalue weighted by molar-refractivity contribution is 0.103. The first-order chi connectivity index (χ1) is 7.36. The van der Waals surface area contributed by atoms with Crippen LogP contribution in [0, 0.1) is 0 Å². The number of ketones is 1. The van der Waals surface area contributed by atoms with E-state index in [4.69, 9.17) is 0 Å². The Morgan fingerprint density at radius 3 is 2.73 bits per heavy atom. The third-order valence-electron chi connectivity index (χ3n) is 3.14. The zero-order valence-corrected chi connectivity index (χ0v) is 8.49. The number of carbonyl (C=O) groups excluding carboxylic acids is 1. The Kier molecular flexibility index (Phi) is 1.84. The summed E-state index contributed by atoms with van der Waals surface area (Å²) in [4.78, 5) is 12.1. The molecule has 0 bridgehead atoms. The summed E-state index contributed by atoms with van der Waals surface area (Å²) in [6.45, 7) is 0. The fourth-order valence-corrected chi connectivity index (χ4v) is 2.38. The van der Waals surface area contributed by atoms with Crippen molar-refractivity contribution < 1.29 is 4.79 Å². The number of fused-ring (bicyclic) bond motifs is 2. The number of rotatable bonds is 0. The molecule has 0 saturated heterocycles. The molecule has 2 aliphatic rings. The molecule has 0 heterocycles. The minimum atomic E-state index is 0.211. The first-order valence-corrected chi connectivity index (χ1v) is 5.38. The monoisotopic (exact) mass is 196 g/mol. The molecule has 0 amide bonds. The fourth-order valence-electron chi connectivity index (χ4n) is 2.38. The fraction of sp³-hybridized carbons (Fsp3) is 0.214. The Morgan fingerprint density at radius 1 is 1.00 bits per heavy atom. The van der Waals surface area contributed by atoms with E-state index >= 15 is 0 Å². The van der Waals surface area contributed by atoms with Gasteiger partial charge in [-0.2, -0.15) is 0 Å². The third kappa shape index (κ3) is 1.27. The molecule has 0 aromatic heterocycles. The molecule has 3 rings (SSSR count). The van der Waals surface area contributed by atoms with E-state index in [2.05, 4.69) is 18.2 Å². The molecule has 15 heavy (non-hydrogen) atoms.